The molecule has 0 saturated heterocycles. The Hall–Kier alpha value is -3.71. The number of ether oxygens (including phenoxy) is 4. The summed E-state index contributed by atoms with van der Waals surface area (Å²) in [6.07, 6.45) is 0.162. The van der Waals surface area contributed by atoms with Gasteiger partial charge in [-0.05, 0) is 89.1 Å². The number of methoxy groups -OCH3 is 2. The van der Waals surface area contributed by atoms with Crippen LogP contribution in [0, 0.1) is 5.41 Å². The average molecular weight is 524 g/mol. The van der Waals surface area contributed by atoms with Crippen molar-refractivity contribution < 1.29 is 28.5 Å². The van der Waals surface area contributed by atoms with Gasteiger partial charge >= 0.3 is 11.9 Å². The van der Waals surface area contributed by atoms with E-state index < -0.39 is 34.1 Å². The molecule has 0 aliphatic heterocycles. The third kappa shape index (κ3) is 5.43. The van der Waals surface area contributed by atoms with Gasteiger partial charge in [-0.15, -0.1) is 0 Å². The highest BCUT2D eigenvalue weighted by atomic mass is 16.6. The predicted molar refractivity (Wildman–Crippen MR) is 143 cm³/mol. The highest BCUT2D eigenvalue weighted by molar-refractivity contribution is 6.03. The Balaban J connectivity index is 2.36. The van der Waals surface area contributed by atoms with Crippen molar-refractivity contribution >= 4 is 11.9 Å². The Morgan fingerprint density at radius 1 is 0.868 bits per heavy atom. The van der Waals surface area contributed by atoms with Gasteiger partial charge in [0.15, 0.2) is 16.9 Å². The van der Waals surface area contributed by atoms with Gasteiger partial charge in [0.05, 0.1) is 14.2 Å². The summed E-state index contributed by atoms with van der Waals surface area (Å²) in [6, 6.07) is 14.3. The molecule has 1 saturated carbocycles. The fourth-order valence-corrected chi connectivity index (χ4v) is 5.14. The number of hydrogen-bond donors (Lipinski definition) is 0. The van der Waals surface area contributed by atoms with Crippen LogP contribution in [0.3, 0.4) is 0 Å². The van der Waals surface area contributed by atoms with Gasteiger partial charge in [0.1, 0.15) is 16.7 Å². The third-order valence-electron chi connectivity index (χ3n) is 6.64. The van der Waals surface area contributed by atoms with Crippen molar-refractivity contribution in [1.82, 2.24) is 0 Å². The highest BCUT2D eigenvalue weighted by Crippen LogP contribution is 2.62. The van der Waals surface area contributed by atoms with E-state index in [0.29, 0.717) is 17.1 Å². The number of benzene rings is 2. The molecule has 3 rings (SSSR count). The van der Waals surface area contributed by atoms with Gasteiger partial charge in [0.25, 0.3) is 0 Å². The fraction of sp³-hybridized carbons (Fsp3) is 0.517. The van der Waals surface area contributed by atoms with Crippen LogP contribution in [0.1, 0.15) is 71.4 Å². The Morgan fingerprint density at radius 3 is 1.89 bits per heavy atom. The summed E-state index contributed by atoms with van der Waals surface area (Å²) in [5.74, 6) is -0.923. The maximum atomic E-state index is 14.2. The van der Waals surface area contributed by atoms with Crippen molar-refractivity contribution in [1.29, 1.82) is 0 Å². The van der Waals surface area contributed by atoms with E-state index >= 15 is 0 Å². The van der Waals surface area contributed by atoms with E-state index in [-0.39, 0.29) is 18.8 Å². The van der Waals surface area contributed by atoms with E-state index in [0.717, 1.165) is 5.56 Å². The van der Waals surface area contributed by atoms with Gasteiger partial charge in [-0.1, -0.05) is 41.5 Å². The number of nitrogens with zero attached hydrogens (tertiary/aromatic N) is 3. The zero-order valence-corrected chi connectivity index (χ0v) is 23.4. The SMILES string of the molecule is COc1ccc([C@H]2CC(C(=O)OC(C)(C)C)(C(=O)OC(C)(C)C)[C@](N=[N+]=[N-])(c3ccccc3)C2)cc1OC. The second-order valence-electron chi connectivity index (χ2n) is 11.5. The molecule has 0 radical (unpaired) electrons. The van der Waals surface area contributed by atoms with Crippen molar-refractivity contribution in [3.63, 3.8) is 0 Å². The lowest BCUT2D eigenvalue weighted by molar-refractivity contribution is -0.190. The highest BCUT2D eigenvalue weighted by Gasteiger charge is 2.70. The molecule has 1 fully saturated rings. The molecular formula is C29H37N3O6. The molecule has 1 aliphatic rings. The molecule has 1 aliphatic carbocycles. The number of azide groups is 1. The zero-order chi connectivity index (χ0) is 28.4. The predicted octanol–water partition coefficient (Wildman–Crippen LogP) is 6.46. The quantitative estimate of drug-likeness (QED) is 0.135. The summed E-state index contributed by atoms with van der Waals surface area (Å²) in [6.45, 7) is 10.4. The molecule has 0 spiro atoms. The van der Waals surface area contributed by atoms with Gasteiger partial charge in [0, 0.05) is 4.91 Å². The summed E-state index contributed by atoms with van der Waals surface area (Å²) in [5.41, 5.74) is 5.76. The fourth-order valence-electron chi connectivity index (χ4n) is 5.14. The maximum absolute atomic E-state index is 14.2. The first-order valence-electron chi connectivity index (χ1n) is 12.5. The average Bonchev–Trinajstić information content (AvgIpc) is 3.19. The largest absolute Gasteiger partial charge is 0.493 e. The molecular weight excluding hydrogens is 486 g/mol. The summed E-state index contributed by atoms with van der Waals surface area (Å²) >= 11 is 0. The Labute approximate surface area is 224 Å². The van der Waals surface area contributed by atoms with Crippen LogP contribution >= 0.6 is 0 Å². The van der Waals surface area contributed by atoms with Crippen LogP contribution in [0.5, 0.6) is 11.5 Å². The minimum Gasteiger partial charge on any atom is -0.493 e. The van der Waals surface area contributed by atoms with Crippen molar-refractivity contribution in [2.45, 2.75) is 77.0 Å². The standard InChI is InChI=1S/C29H37N3O6/c1-26(2,3)37-24(33)28(25(34)38-27(4,5)6)17-20(19-14-15-22(35-7)23(16-19)36-8)18-29(28,31-32-30)21-12-10-9-11-13-21/h9-16,20H,17-18H2,1-8H3/t20-,29+/m0/s1. The van der Waals surface area contributed by atoms with Crippen LogP contribution in [-0.4, -0.2) is 37.4 Å². The van der Waals surface area contributed by atoms with Gasteiger partial charge < -0.3 is 18.9 Å². The second kappa shape index (κ2) is 10.6. The molecule has 9 heteroatoms. The normalized spacial score (nSPS) is 20.7. The molecule has 0 bridgehead atoms. The van der Waals surface area contributed by atoms with Crippen molar-refractivity contribution in [2.24, 2.45) is 10.5 Å². The van der Waals surface area contributed by atoms with E-state index in [1.807, 2.05) is 18.2 Å². The van der Waals surface area contributed by atoms with E-state index in [4.69, 9.17) is 18.9 Å². The van der Waals surface area contributed by atoms with Crippen molar-refractivity contribution in [3.05, 3.63) is 70.1 Å². The third-order valence-corrected chi connectivity index (χ3v) is 6.64. The van der Waals surface area contributed by atoms with Gasteiger partial charge in [-0.2, -0.15) is 0 Å². The van der Waals surface area contributed by atoms with E-state index in [1.54, 1.807) is 79.0 Å². The summed E-state index contributed by atoms with van der Waals surface area (Å²) < 4.78 is 22.7. The van der Waals surface area contributed by atoms with Gasteiger partial charge in [0.2, 0.25) is 0 Å². The van der Waals surface area contributed by atoms with Crippen LogP contribution in [0.4, 0.5) is 0 Å². The van der Waals surface area contributed by atoms with Crippen LogP contribution in [-0.2, 0) is 24.6 Å². The summed E-state index contributed by atoms with van der Waals surface area (Å²) in [5, 5.41) is 4.26. The molecule has 204 valence electrons. The lowest BCUT2D eigenvalue weighted by Crippen LogP contribution is -2.55. The lowest BCUT2D eigenvalue weighted by atomic mass is 9.68. The number of carbonyl (C=O) groups is 2. The monoisotopic (exact) mass is 523 g/mol. The number of hydrogen-bond acceptors (Lipinski definition) is 7. The molecule has 2 aromatic rings. The number of carbonyl (C=O) groups excluding carboxylic acids is 2. The topological polar surface area (TPSA) is 120 Å². The molecule has 0 N–H and O–H groups in total. The molecule has 38 heavy (non-hydrogen) atoms. The summed E-state index contributed by atoms with van der Waals surface area (Å²) in [7, 11) is 3.08. The molecule has 0 aromatic heterocycles. The minimum atomic E-state index is -1.96. The van der Waals surface area contributed by atoms with Crippen LogP contribution in [0.25, 0.3) is 10.4 Å². The van der Waals surface area contributed by atoms with Gasteiger partial charge in [-0.3, -0.25) is 9.59 Å². The molecule has 9 nitrogen and oxygen atoms in total. The Kier molecular flexibility index (Phi) is 8.03. The van der Waals surface area contributed by atoms with Crippen molar-refractivity contribution in [3.8, 4) is 11.5 Å². The minimum absolute atomic E-state index is 0.000222. The smallest absolute Gasteiger partial charge is 0.325 e. The first-order chi connectivity index (χ1) is 17.7. The molecule has 0 unspecified atom stereocenters. The van der Waals surface area contributed by atoms with E-state index in [2.05, 4.69) is 10.0 Å². The Bertz CT molecular complexity index is 1200. The molecule has 2 aromatic carbocycles. The van der Waals surface area contributed by atoms with E-state index in [1.165, 1.54) is 7.11 Å². The van der Waals surface area contributed by atoms with E-state index in [9.17, 15) is 15.1 Å². The molecule has 0 heterocycles. The van der Waals surface area contributed by atoms with Crippen LogP contribution in [0.15, 0.2) is 53.6 Å². The first-order valence-corrected chi connectivity index (χ1v) is 12.5. The Morgan fingerprint density at radius 2 is 1.42 bits per heavy atom. The number of esters is 2. The van der Waals surface area contributed by atoms with Gasteiger partial charge in [-0.25, -0.2) is 0 Å². The van der Waals surface area contributed by atoms with Crippen LogP contribution in [0.2, 0.25) is 0 Å². The second-order valence-corrected chi connectivity index (χ2v) is 11.5. The molecule has 0 amide bonds. The maximum Gasteiger partial charge on any atom is 0.325 e. The number of rotatable bonds is 7. The lowest BCUT2D eigenvalue weighted by Gasteiger charge is -2.41. The van der Waals surface area contributed by atoms with Crippen molar-refractivity contribution in [2.75, 3.05) is 14.2 Å². The summed E-state index contributed by atoms with van der Waals surface area (Å²) in [4.78, 5) is 31.6. The molecule has 2 atom stereocenters. The first kappa shape index (κ1) is 28.9. The van der Waals surface area contributed by atoms with Crippen LogP contribution < -0.4 is 9.47 Å². The zero-order valence-electron chi connectivity index (χ0n) is 23.4.